The number of unbranched alkanes of at least 4 members (excludes halogenated alkanes) is 2. The molecule has 0 aliphatic heterocycles. The number of nitrogens with one attached hydrogen (secondary N) is 3. The van der Waals surface area contributed by atoms with Gasteiger partial charge in [0.25, 0.3) is 11.8 Å². The summed E-state index contributed by atoms with van der Waals surface area (Å²) in [5.41, 5.74) is 2.41. The smallest absolute Gasteiger partial charge is 0.363 e. The van der Waals surface area contributed by atoms with Crippen molar-refractivity contribution in [2.24, 2.45) is 5.92 Å². The van der Waals surface area contributed by atoms with Crippen molar-refractivity contribution in [3.8, 4) is 17.1 Å². The Morgan fingerprint density at radius 3 is 2.07 bits per heavy atom. The van der Waals surface area contributed by atoms with Crippen molar-refractivity contribution in [3.63, 3.8) is 0 Å². The molecule has 0 saturated heterocycles. The molecule has 5 aromatic rings. The van der Waals surface area contributed by atoms with Crippen LogP contribution in [0.4, 0.5) is 4.39 Å². The van der Waals surface area contributed by atoms with Crippen molar-refractivity contribution < 1.29 is 61.4 Å². The number of furan rings is 1. The summed E-state index contributed by atoms with van der Waals surface area (Å²) < 4.78 is 36.7. The maximum atomic E-state index is 14.1. The van der Waals surface area contributed by atoms with Gasteiger partial charge in [0.1, 0.15) is 36.6 Å². The number of carbonyl (C=O) groups is 7. The molecule has 0 spiro atoms. The molecule has 71 heavy (non-hydrogen) atoms. The highest BCUT2D eigenvalue weighted by Crippen LogP contribution is 2.30. The molecule has 1 aromatic heterocycles. The number of esters is 2. The van der Waals surface area contributed by atoms with Gasteiger partial charge < -0.3 is 39.4 Å². The van der Waals surface area contributed by atoms with E-state index >= 15 is 0 Å². The van der Waals surface area contributed by atoms with Crippen LogP contribution < -0.4 is 20.7 Å². The van der Waals surface area contributed by atoms with Crippen LogP contribution in [0.15, 0.2) is 114 Å². The molecular weight excluding hydrogens is 916 g/mol. The second kappa shape index (κ2) is 27.4. The van der Waals surface area contributed by atoms with E-state index in [9.17, 15) is 38.0 Å². The number of hydrogen-bond acceptors (Lipinski definition) is 12. The summed E-state index contributed by atoms with van der Waals surface area (Å²) >= 11 is 0. The average Bonchev–Trinajstić information content (AvgIpc) is 3.88. The van der Waals surface area contributed by atoms with Crippen LogP contribution in [-0.4, -0.2) is 72.5 Å². The highest BCUT2D eigenvalue weighted by Gasteiger charge is 2.34. The van der Waals surface area contributed by atoms with Crippen LogP contribution in [0, 0.1) is 11.7 Å². The van der Waals surface area contributed by atoms with Crippen molar-refractivity contribution in [1.82, 2.24) is 21.0 Å². The van der Waals surface area contributed by atoms with E-state index in [0.29, 0.717) is 35.9 Å². The van der Waals surface area contributed by atoms with Gasteiger partial charge in [-0.1, -0.05) is 114 Å². The van der Waals surface area contributed by atoms with E-state index in [2.05, 4.69) is 16.0 Å². The Balaban J connectivity index is 1.24. The minimum absolute atomic E-state index is 0.0349. The summed E-state index contributed by atoms with van der Waals surface area (Å²) in [5.74, 6) is -5.67. The first kappa shape index (κ1) is 54.1. The molecule has 0 bridgehead atoms. The number of hydrogen-bond donors (Lipinski definition) is 3. The largest absolute Gasteiger partial charge is 0.493 e. The van der Waals surface area contributed by atoms with Crippen LogP contribution in [0.2, 0.25) is 0 Å². The summed E-state index contributed by atoms with van der Waals surface area (Å²) in [7, 11) is 0. The Hall–Kier alpha value is -7.82. The number of amides is 4. The first-order chi connectivity index (χ1) is 34.3. The van der Waals surface area contributed by atoms with Crippen LogP contribution >= 0.6 is 0 Å². The average molecular weight is 977 g/mol. The predicted molar refractivity (Wildman–Crippen MR) is 260 cm³/mol. The number of halogens is 1. The topological polar surface area (TPSA) is 209 Å². The van der Waals surface area contributed by atoms with Gasteiger partial charge in [0.05, 0.1) is 42.8 Å². The predicted octanol–water partition coefficient (Wildman–Crippen LogP) is 8.59. The van der Waals surface area contributed by atoms with Gasteiger partial charge >= 0.3 is 17.9 Å². The summed E-state index contributed by atoms with van der Waals surface area (Å²) in [6.07, 6.45) is 2.72. The number of ether oxygens (including phenoxy) is 3. The summed E-state index contributed by atoms with van der Waals surface area (Å²) in [4.78, 5) is 98.5. The minimum Gasteiger partial charge on any atom is -0.493 e. The number of carbonyl (C=O) groups excluding carboxylic acids is 7. The number of hydroxylamine groups is 2. The zero-order chi connectivity index (χ0) is 51.3. The van der Waals surface area contributed by atoms with Gasteiger partial charge in [0.15, 0.2) is 5.76 Å². The SMILES string of the molecule is CCCCCC(C(=O)NCNC(=O)c1ccc(-c2ccc(C(=O)NC(CC(=O)OCc3ccccc3)C(=O)OCc3ccccc3)c(OCC)c2)o1)[C@@H](CC)N(C=O)OC(=O)c1ccc(F)cc1C(C)C. The molecule has 3 atom stereocenters. The third-order valence-electron chi connectivity index (χ3n) is 11.4. The third kappa shape index (κ3) is 15.9. The van der Waals surface area contributed by atoms with Crippen molar-refractivity contribution in [1.29, 1.82) is 0 Å². The quantitative estimate of drug-likeness (QED) is 0.0149. The molecule has 376 valence electrons. The molecule has 0 aliphatic rings. The van der Waals surface area contributed by atoms with Crippen LogP contribution in [0.3, 0.4) is 0 Å². The first-order valence-electron chi connectivity index (χ1n) is 23.7. The number of nitrogens with zero attached hydrogens (tertiary/aromatic N) is 1. The molecule has 16 nitrogen and oxygen atoms in total. The molecule has 4 amide bonds. The van der Waals surface area contributed by atoms with Crippen molar-refractivity contribution in [3.05, 3.63) is 149 Å². The second-order valence-electron chi connectivity index (χ2n) is 16.8. The fraction of sp³-hybridized carbons (Fsp3) is 0.352. The van der Waals surface area contributed by atoms with Gasteiger partial charge in [0.2, 0.25) is 12.3 Å². The number of benzene rings is 4. The van der Waals surface area contributed by atoms with E-state index in [0.717, 1.165) is 29.5 Å². The van der Waals surface area contributed by atoms with Crippen LogP contribution in [0.1, 0.15) is 127 Å². The Morgan fingerprint density at radius 1 is 0.761 bits per heavy atom. The van der Waals surface area contributed by atoms with Gasteiger partial charge in [-0.05, 0) is 84.8 Å². The molecular formula is C54H61FN4O12. The van der Waals surface area contributed by atoms with Crippen molar-refractivity contribution >= 4 is 42.0 Å². The summed E-state index contributed by atoms with van der Waals surface area (Å²) in [6.45, 7) is 8.77. The first-order valence-corrected chi connectivity index (χ1v) is 23.7. The molecule has 3 N–H and O–H groups in total. The lowest BCUT2D eigenvalue weighted by Gasteiger charge is -2.32. The molecule has 2 unspecified atom stereocenters. The Bertz CT molecular complexity index is 2590. The second-order valence-corrected chi connectivity index (χ2v) is 16.8. The molecule has 1 heterocycles. The zero-order valence-corrected chi connectivity index (χ0v) is 40.6. The monoisotopic (exact) mass is 976 g/mol. The zero-order valence-electron chi connectivity index (χ0n) is 40.6. The standard InChI is InChI=1S/C54H61FN4O12/c1-6-9-12-21-41(45(7-2)59(34-60)71-53(65)40-25-23-39(55)29-43(40)35(4)5)50(62)56-33-57-52(64)47-27-26-46(70-47)38-22-24-42(48(28-38)67-8-3)51(63)58-44(54(66)69-32-37-19-15-11-16-20-37)30-49(61)68-31-36-17-13-10-14-18-36/h10-11,13-20,22-29,34-35,41,44-45H,6-9,12,21,30-33H2,1-5H3,(H,56,62)(H,57,64)(H,58,63)/t41?,44?,45-/m1/s1. The lowest BCUT2D eigenvalue weighted by atomic mass is 9.90. The molecule has 0 saturated carbocycles. The van der Waals surface area contributed by atoms with Crippen LogP contribution in [0.25, 0.3) is 11.3 Å². The molecule has 0 fully saturated rings. The summed E-state index contributed by atoms with van der Waals surface area (Å²) in [6, 6.07) is 26.8. The Kier molecular flexibility index (Phi) is 20.9. The van der Waals surface area contributed by atoms with E-state index in [4.69, 9.17) is 23.5 Å². The highest BCUT2D eigenvalue weighted by molar-refractivity contribution is 6.00. The van der Waals surface area contributed by atoms with Crippen molar-refractivity contribution in [2.75, 3.05) is 13.3 Å². The Morgan fingerprint density at radius 2 is 1.44 bits per heavy atom. The maximum Gasteiger partial charge on any atom is 0.363 e. The van der Waals surface area contributed by atoms with E-state index in [1.54, 1.807) is 88.4 Å². The molecule has 17 heteroatoms. The normalized spacial score (nSPS) is 12.2. The minimum atomic E-state index is -1.41. The van der Waals surface area contributed by atoms with E-state index in [1.165, 1.54) is 30.3 Å². The molecule has 4 aromatic carbocycles. The molecule has 5 rings (SSSR count). The Labute approximate surface area is 412 Å². The van der Waals surface area contributed by atoms with Gasteiger partial charge in [-0.3, -0.25) is 24.0 Å². The highest BCUT2D eigenvalue weighted by atomic mass is 19.1. The summed E-state index contributed by atoms with van der Waals surface area (Å²) in [5, 5.41) is 8.76. The lowest BCUT2D eigenvalue weighted by Crippen LogP contribution is -2.49. The van der Waals surface area contributed by atoms with Gasteiger partial charge in [-0.15, -0.1) is 0 Å². The van der Waals surface area contributed by atoms with E-state index in [-0.39, 0.29) is 67.2 Å². The molecule has 0 radical (unpaired) electrons. The fourth-order valence-corrected chi connectivity index (χ4v) is 7.67. The maximum absolute atomic E-state index is 14.1. The number of rotatable bonds is 27. The van der Waals surface area contributed by atoms with Gasteiger partial charge in [-0.2, -0.15) is 5.06 Å². The third-order valence-corrected chi connectivity index (χ3v) is 11.4. The fourth-order valence-electron chi connectivity index (χ4n) is 7.67. The van der Waals surface area contributed by atoms with E-state index in [1.807, 2.05) is 19.1 Å². The van der Waals surface area contributed by atoms with Crippen molar-refractivity contribution in [2.45, 2.75) is 104 Å². The molecule has 0 aliphatic carbocycles. The van der Waals surface area contributed by atoms with Crippen LogP contribution in [-0.2, 0) is 46.7 Å². The van der Waals surface area contributed by atoms with E-state index < -0.39 is 65.9 Å². The van der Waals surface area contributed by atoms with Gasteiger partial charge in [0, 0.05) is 5.56 Å². The van der Waals surface area contributed by atoms with Gasteiger partial charge in [-0.25, -0.2) is 14.0 Å². The lowest BCUT2D eigenvalue weighted by molar-refractivity contribution is -0.171. The van der Waals surface area contributed by atoms with Crippen LogP contribution in [0.5, 0.6) is 5.75 Å².